The van der Waals surface area contributed by atoms with Crippen molar-refractivity contribution in [2.45, 2.75) is 12.3 Å². The Balaban J connectivity index is 2.06. The topological polar surface area (TPSA) is 65.4 Å². The fourth-order valence-electron chi connectivity index (χ4n) is 3.00. The van der Waals surface area contributed by atoms with Crippen LogP contribution in [0.15, 0.2) is 30.7 Å². The van der Waals surface area contributed by atoms with Gasteiger partial charge in [-0.15, -0.1) is 11.3 Å². The van der Waals surface area contributed by atoms with Crippen LogP contribution < -0.4 is 10.5 Å². The maximum absolute atomic E-state index is 6.13. The van der Waals surface area contributed by atoms with Crippen molar-refractivity contribution in [3.63, 3.8) is 0 Å². The molecule has 1 aromatic carbocycles. The van der Waals surface area contributed by atoms with Crippen molar-refractivity contribution in [2.75, 3.05) is 12.8 Å². The Kier molecular flexibility index (Phi) is 3.69. The molecule has 0 bridgehead atoms. The number of aryl methyl sites for hydroxylation is 1. The number of anilines is 1. The van der Waals surface area contributed by atoms with Gasteiger partial charge in [0.15, 0.2) is 5.82 Å². The van der Waals surface area contributed by atoms with Crippen molar-refractivity contribution < 1.29 is 4.74 Å². The second-order valence-corrected chi connectivity index (χ2v) is 7.21. The summed E-state index contributed by atoms with van der Waals surface area (Å²) in [4.78, 5) is 5.29. The van der Waals surface area contributed by atoms with Crippen LogP contribution in [0.5, 0.6) is 5.75 Å². The highest BCUT2D eigenvalue weighted by molar-refractivity contribution is 9.08. The van der Waals surface area contributed by atoms with Crippen LogP contribution in [0.3, 0.4) is 0 Å². The van der Waals surface area contributed by atoms with E-state index in [1.165, 1.54) is 17.3 Å². The van der Waals surface area contributed by atoms with E-state index in [4.69, 9.17) is 10.5 Å². The average Bonchev–Trinajstić information content (AvgIpc) is 3.15. The van der Waals surface area contributed by atoms with Crippen LogP contribution in [0.25, 0.3) is 26.0 Å². The van der Waals surface area contributed by atoms with E-state index >= 15 is 0 Å². The maximum Gasteiger partial charge on any atom is 0.152 e. The van der Waals surface area contributed by atoms with Gasteiger partial charge in [-0.2, -0.15) is 5.10 Å². The van der Waals surface area contributed by atoms with Gasteiger partial charge in [0, 0.05) is 22.0 Å². The average molecular weight is 403 g/mol. The molecule has 0 aliphatic carbocycles. The second kappa shape index (κ2) is 5.75. The van der Waals surface area contributed by atoms with Gasteiger partial charge in [-0.3, -0.25) is 0 Å². The molecule has 0 atom stereocenters. The van der Waals surface area contributed by atoms with Crippen LogP contribution in [0, 0.1) is 6.92 Å². The van der Waals surface area contributed by atoms with Crippen molar-refractivity contribution in [1.29, 1.82) is 0 Å². The number of aromatic nitrogens is 3. The number of hydrogen-bond donors (Lipinski definition) is 1. The van der Waals surface area contributed by atoms with Gasteiger partial charge in [-0.25, -0.2) is 9.50 Å². The first kappa shape index (κ1) is 15.4. The molecule has 5 nitrogen and oxygen atoms in total. The molecule has 0 amide bonds. The molecule has 0 radical (unpaired) electrons. The standard InChI is InChI=1S/C17H15BrN4OS/c1-9-3-10-5-13(24-16(10)12(4-9)23-2)14-11(6-18)7-22-15(14)17(19)20-8-21-22/h3-5,7-8H,6H2,1-2H3,(H2,19,20,21). The van der Waals surface area contributed by atoms with Crippen LogP contribution in [-0.4, -0.2) is 21.7 Å². The number of rotatable bonds is 3. The Morgan fingerprint density at radius 3 is 2.92 bits per heavy atom. The molecule has 0 saturated carbocycles. The zero-order valence-electron chi connectivity index (χ0n) is 13.2. The Labute approximate surface area is 151 Å². The molecule has 0 saturated heterocycles. The van der Waals surface area contributed by atoms with Crippen LogP contribution in [0.1, 0.15) is 11.1 Å². The minimum atomic E-state index is 0.479. The van der Waals surface area contributed by atoms with Crippen molar-refractivity contribution in [3.05, 3.63) is 41.9 Å². The molecule has 7 heteroatoms. The number of thiophene rings is 1. The summed E-state index contributed by atoms with van der Waals surface area (Å²) >= 11 is 5.27. The Hall–Kier alpha value is -2.12. The van der Waals surface area contributed by atoms with Gasteiger partial charge in [0.05, 0.1) is 11.8 Å². The van der Waals surface area contributed by atoms with Gasteiger partial charge in [-0.05, 0) is 35.6 Å². The number of nitrogen functional groups attached to an aromatic ring is 1. The van der Waals surface area contributed by atoms with E-state index in [1.807, 2.05) is 6.20 Å². The molecule has 122 valence electrons. The van der Waals surface area contributed by atoms with E-state index < -0.39 is 0 Å². The van der Waals surface area contributed by atoms with Gasteiger partial charge >= 0.3 is 0 Å². The van der Waals surface area contributed by atoms with Gasteiger partial charge in [0.1, 0.15) is 17.6 Å². The zero-order chi connectivity index (χ0) is 16.8. The Morgan fingerprint density at radius 1 is 1.33 bits per heavy atom. The number of ether oxygens (including phenoxy) is 1. The molecule has 4 aromatic rings. The molecule has 3 heterocycles. The van der Waals surface area contributed by atoms with E-state index in [0.717, 1.165) is 37.3 Å². The number of hydrogen-bond acceptors (Lipinski definition) is 5. The fourth-order valence-corrected chi connectivity index (χ4v) is 4.64. The maximum atomic E-state index is 6.13. The van der Waals surface area contributed by atoms with E-state index in [0.29, 0.717) is 5.82 Å². The summed E-state index contributed by atoms with van der Waals surface area (Å²) in [5.41, 5.74) is 10.4. The number of fused-ring (bicyclic) bond motifs is 2. The third-order valence-corrected chi connectivity index (χ3v) is 5.80. The summed E-state index contributed by atoms with van der Waals surface area (Å²) in [5.74, 6) is 1.38. The van der Waals surface area contributed by atoms with Crippen LogP contribution >= 0.6 is 27.3 Å². The SMILES string of the molecule is COc1cc(C)cc2cc(-c3c(CBr)cn4ncnc(N)c34)sc12. The third-order valence-electron chi connectivity index (χ3n) is 4.02. The van der Waals surface area contributed by atoms with E-state index in [-0.39, 0.29) is 0 Å². The molecule has 0 spiro atoms. The van der Waals surface area contributed by atoms with Crippen molar-refractivity contribution in [3.8, 4) is 16.2 Å². The Morgan fingerprint density at radius 2 is 2.17 bits per heavy atom. The first-order valence-electron chi connectivity index (χ1n) is 7.37. The minimum Gasteiger partial charge on any atom is -0.495 e. The Bertz CT molecular complexity index is 1070. The molecule has 0 fully saturated rings. The highest BCUT2D eigenvalue weighted by Crippen LogP contribution is 2.43. The summed E-state index contributed by atoms with van der Waals surface area (Å²) < 4.78 is 8.48. The summed E-state index contributed by atoms with van der Waals surface area (Å²) in [6.07, 6.45) is 3.46. The largest absolute Gasteiger partial charge is 0.495 e. The number of alkyl halides is 1. The highest BCUT2D eigenvalue weighted by Gasteiger charge is 2.19. The molecule has 0 aliphatic rings. The lowest BCUT2D eigenvalue weighted by atomic mass is 10.1. The monoisotopic (exact) mass is 402 g/mol. The zero-order valence-corrected chi connectivity index (χ0v) is 15.6. The molecule has 3 aromatic heterocycles. The molecule has 24 heavy (non-hydrogen) atoms. The second-order valence-electron chi connectivity index (χ2n) is 5.60. The summed E-state index contributed by atoms with van der Waals surface area (Å²) in [7, 11) is 1.71. The smallest absolute Gasteiger partial charge is 0.152 e. The predicted octanol–water partition coefficient (Wildman–Crippen LogP) is 4.41. The number of benzene rings is 1. The molecular weight excluding hydrogens is 388 g/mol. The highest BCUT2D eigenvalue weighted by atomic mass is 79.9. The quantitative estimate of drug-likeness (QED) is 0.515. The first-order valence-corrected chi connectivity index (χ1v) is 9.31. The minimum absolute atomic E-state index is 0.479. The van der Waals surface area contributed by atoms with Gasteiger partial charge < -0.3 is 10.5 Å². The van der Waals surface area contributed by atoms with E-state index in [9.17, 15) is 0 Å². The lowest BCUT2D eigenvalue weighted by Gasteiger charge is -2.02. The lowest BCUT2D eigenvalue weighted by molar-refractivity contribution is 0.420. The van der Waals surface area contributed by atoms with Gasteiger partial charge in [-0.1, -0.05) is 22.0 Å². The molecule has 2 N–H and O–H groups in total. The van der Waals surface area contributed by atoms with Crippen molar-refractivity contribution in [2.24, 2.45) is 0 Å². The summed E-state index contributed by atoms with van der Waals surface area (Å²) in [6.45, 7) is 2.07. The number of nitrogens with zero attached hydrogens (tertiary/aromatic N) is 3. The number of methoxy groups -OCH3 is 1. The van der Waals surface area contributed by atoms with Crippen LogP contribution in [-0.2, 0) is 5.33 Å². The van der Waals surface area contributed by atoms with Gasteiger partial charge in [0.25, 0.3) is 0 Å². The number of halogens is 1. The molecule has 0 unspecified atom stereocenters. The number of nitrogens with two attached hydrogens (primary N) is 1. The van der Waals surface area contributed by atoms with E-state index in [1.54, 1.807) is 23.0 Å². The first-order chi connectivity index (χ1) is 11.6. The lowest BCUT2D eigenvalue weighted by Crippen LogP contribution is -1.98. The molecule has 0 aliphatic heterocycles. The van der Waals surface area contributed by atoms with E-state index in [2.05, 4.69) is 51.1 Å². The van der Waals surface area contributed by atoms with Gasteiger partial charge in [0.2, 0.25) is 0 Å². The normalized spacial score (nSPS) is 11.5. The predicted molar refractivity (Wildman–Crippen MR) is 102 cm³/mol. The summed E-state index contributed by atoms with van der Waals surface area (Å²) in [5, 5.41) is 6.17. The summed E-state index contributed by atoms with van der Waals surface area (Å²) in [6, 6.07) is 6.41. The van der Waals surface area contributed by atoms with Crippen LogP contribution in [0.2, 0.25) is 0 Å². The van der Waals surface area contributed by atoms with Crippen molar-refractivity contribution in [1.82, 2.24) is 14.6 Å². The third kappa shape index (κ3) is 2.27. The fraction of sp³-hybridized carbons (Fsp3) is 0.176. The molecule has 4 rings (SSSR count). The van der Waals surface area contributed by atoms with Crippen LogP contribution in [0.4, 0.5) is 5.82 Å². The van der Waals surface area contributed by atoms with Crippen molar-refractivity contribution >= 4 is 48.7 Å². The molecular formula is C17H15BrN4OS.